The normalized spacial score (nSPS) is 12.2. The molecule has 0 saturated carbocycles. The molecule has 3 rings (SSSR count). The highest BCUT2D eigenvalue weighted by Crippen LogP contribution is 2.27. The van der Waals surface area contributed by atoms with E-state index in [9.17, 15) is 18.4 Å². The highest BCUT2D eigenvalue weighted by Gasteiger charge is 2.26. The molecule has 0 saturated heterocycles. The smallest absolute Gasteiger partial charge is 0.387 e. The van der Waals surface area contributed by atoms with E-state index in [0.717, 1.165) is 5.39 Å². The molecule has 0 N–H and O–H groups in total. The Morgan fingerprint density at radius 1 is 1.07 bits per heavy atom. The fourth-order valence-electron chi connectivity index (χ4n) is 2.85. The summed E-state index contributed by atoms with van der Waals surface area (Å²) >= 11 is 0. The molecule has 0 aliphatic carbocycles. The van der Waals surface area contributed by atoms with Crippen molar-refractivity contribution in [3.05, 3.63) is 65.4 Å². The molecule has 0 spiro atoms. The van der Waals surface area contributed by atoms with Gasteiger partial charge in [-0.1, -0.05) is 18.2 Å². The fourth-order valence-corrected chi connectivity index (χ4v) is 2.85. The Hall–Kier alpha value is -3.26. The van der Waals surface area contributed by atoms with E-state index in [1.807, 2.05) is 0 Å². The Balaban J connectivity index is 1.75. The van der Waals surface area contributed by atoms with Crippen molar-refractivity contribution < 1.29 is 37.0 Å². The van der Waals surface area contributed by atoms with Gasteiger partial charge in [0.05, 0.1) is 6.61 Å². The summed E-state index contributed by atoms with van der Waals surface area (Å²) in [5, 5.41) is 0.717. The van der Waals surface area contributed by atoms with Crippen LogP contribution in [-0.2, 0) is 16.1 Å². The molecular weight excluding hydrogens is 386 g/mol. The topological polar surface area (TPSA) is 75.0 Å². The predicted molar refractivity (Wildman–Crippen MR) is 99.2 cm³/mol. The highest BCUT2D eigenvalue weighted by molar-refractivity contribution is 6.02. The van der Waals surface area contributed by atoms with Crippen LogP contribution in [0, 0.1) is 0 Å². The van der Waals surface area contributed by atoms with Crippen molar-refractivity contribution in [1.82, 2.24) is 0 Å². The molecule has 6 nitrogen and oxygen atoms in total. The van der Waals surface area contributed by atoms with Crippen LogP contribution in [0.2, 0.25) is 0 Å². The SMILES string of the molecule is COCc1c(C(=O)O[C@@H](C)C(=O)c2ccc(OC(F)F)cc2)oc2ccccc12. The zero-order valence-electron chi connectivity index (χ0n) is 15.7. The van der Waals surface area contributed by atoms with Gasteiger partial charge in [-0.2, -0.15) is 8.78 Å². The minimum absolute atomic E-state index is 0.0339. The number of Topliss-reactive ketones (excluding diaryl/α,β-unsaturated/α-hetero) is 1. The van der Waals surface area contributed by atoms with Gasteiger partial charge in [-0.3, -0.25) is 4.79 Å². The lowest BCUT2D eigenvalue weighted by atomic mass is 10.1. The first-order valence-electron chi connectivity index (χ1n) is 8.70. The fraction of sp³-hybridized carbons (Fsp3) is 0.238. The van der Waals surface area contributed by atoms with E-state index in [1.165, 1.54) is 38.3 Å². The van der Waals surface area contributed by atoms with Crippen molar-refractivity contribution in [2.75, 3.05) is 7.11 Å². The summed E-state index contributed by atoms with van der Waals surface area (Å²) in [6.45, 7) is -1.40. The minimum atomic E-state index is -2.96. The van der Waals surface area contributed by atoms with Crippen LogP contribution in [0.15, 0.2) is 52.9 Å². The number of ketones is 1. The van der Waals surface area contributed by atoms with E-state index in [2.05, 4.69) is 4.74 Å². The molecule has 29 heavy (non-hydrogen) atoms. The number of halogens is 2. The molecule has 0 unspecified atom stereocenters. The number of hydrogen-bond donors (Lipinski definition) is 0. The molecule has 1 atom stereocenters. The highest BCUT2D eigenvalue weighted by atomic mass is 19.3. The Morgan fingerprint density at radius 2 is 1.76 bits per heavy atom. The summed E-state index contributed by atoms with van der Waals surface area (Å²) in [5.74, 6) is -1.40. The maximum atomic E-state index is 12.6. The third-order valence-electron chi connectivity index (χ3n) is 4.19. The number of alkyl halides is 2. The predicted octanol–water partition coefficient (Wildman–Crippen LogP) is 4.61. The van der Waals surface area contributed by atoms with Crippen LogP contribution in [0.25, 0.3) is 11.0 Å². The number of furan rings is 1. The summed E-state index contributed by atoms with van der Waals surface area (Å²) < 4.78 is 44.7. The molecule has 0 fully saturated rings. The van der Waals surface area contributed by atoms with Crippen LogP contribution >= 0.6 is 0 Å². The van der Waals surface area contributed by atoms with Crippen molar-refractivity contribution >= 4 is 22.7 Å². The van der Waals surface area contributed by atoms with Gasteiger partial charge in [-0.05, 0) is 37.3 Å². The second kappa shape index (κ2) is 8.83. The van der Waals surface area contributed by atoms with Crippen LogP contribution in [0.5, 0.6) is 5.75 Å². The van der Waals surface area contributed by atoms with Crippen molar-refractivity contribution in [2.24, 2.45) is 0 Å². The number of methoxy groups -OCH3 is 1. The Morgan fingerprint density at radius 3 is 2.41 bits per heavy atom. The number of esters is 1. The molecule has 1 aromatic heterocycles. The van der Waals surface area contributed by atoms with Crippen molar-refractivity contribution in [3.63, 3.8) is 0 Å². The Bertz CT molecular complexity index is 1010. The molecule has 0 radical (unpaired) electrons. The van der Waals surface area contributed by atoms with E-state index in [-0.39, 0.29) is 23.7 Å². The van der Waals surface area contributed by atoms with Gasteiger partial charge < -0.3 is 18.6 Å². The third kappa shape index (κ3) is 4.60. The number of ether oxygens (including phenoxy) is 3. The zero-order chi connectivity index (χ0) is 21.0. The maximum Gasteiger partial charge on any atom is 0.387 e. The van der Waals surface area contributed by atoms with Crippen LogP contribution in [-0.4, -0.2) is 31.6 Å². The van der Waals surface area contributed by atoms with E-state index in [4.69, 9.17) is 13.9 Å². The first-order valence-corrected chi connectivity index (χ1v) is 8.70. The number of hydrogen-bond acceptors (Lipinski definition) is 6. The maximum absolute atomic E-state index is 12.6. The van der Waals surface area contributed by atoms with Gasteiger partial charge in [0.25, 0.3) is 0 Å². The third-order valence-corrected chi connectivity index (χ3v) is 4.19. The van der Waals surface area contributed by atoms with Gasteiger partial charge in [-0.15, -0.1) is 0 Å². The van der Waals surface area contributed by atoms with Crippen molar-refractivity contribution in [3.8, 4) is 5.75 Å². The molecule has 8 heteroatoms. The average Bonchev–Trinajstić information content (AvgIpc) is 3.07. The second-order valence-corrected chi connectivity index (χ2v) is 6.15. The molecular formula is C21H18F2O6. The van der Waals surface area contributed by atoms with E-state index in [0.29, 0.717) is 11.1 Å². The van der Waals surface area contributed by atoms with Crippen LogP contribution in [0.3, 0.4) is 0 Å². The number of rotatable bonds is 8. The van der Waals surface area contributed by atoms with Crippen LogP contribution in [0.4, 0.5) is 8.78 Å². The lowest BCUT2D eigenvalue weighted by Crippen LogP contribution is -2.24. The van der Waals surface area contributed by atoms with Gasteiger partial charge in [0.15, 0.2) is 6.10 Å². The molecule has 0 aliphatic heterocycles. The number of para-hydroxylation sites is 1. The van der Waals surface area contributed by atoms with Crippen molar-refractivity contribution in [2.45, 2.75) is 26.2 Å². The monoisotopic (exact) mass is 404 g/mol. The van der Waals surface area contributed by atoms with Gasteiger partial charge in [-0.25, -0.2) is 4.79 Å². The van der Waals surface area contributed by atoms with Crippen molar-refractivity contribution in [1.29, 1.82) is 0 Å². The number of benzene rings is 2. The lowest BCUT2D eigenvalue weighted by molar-refractivity contribution is -0.0498. The number of fused-ring (bicyclic) bond motifs is 1. The van der Waals surface area contributed by atoms with Gasteiger partial charge in [0.2, 0.25) is 11.5 Å². The molecule has 0 bridgehead atoms. The zero-order valence-corrected chi connectivity index (χ0v) is 15.7. The number of carbonyl (C=O) groups excluding carboxylic acids is 2. The molecule has 1 heterocycles. The summed E-state index contributed by atoms with van der Waals surface area (Å²) in [6.07, 6.45) is -1.12. The Labute approximate surface area is 165 Å². The molecule has 152 valence electrons. The largest absolute Gasteiger partial charge is 0.449 e. The van der Waals surface area contributed by atoms with E-state index in [1.54, 1.807) is 24.3 Å². The van der Waals surface area contributed by atoms with Crippen LogP contribution in [0.1, 0.15) is 33.4 Å². The minimum Gasteiger partial charge on any atom is -0.449 e. The quantitative estimate of drug-likeness (QED) is 0.403. The van der Waals surface area contributed by atoms with Gasteiger partial charge >= 0.3 is 12.6 Å². The van der Waals surface area contributed by atoms with Gasteiger partial charge in [0.1, 0.15) is 11.3 Å². The molecule has 0 amide bonds. The number of carbonyl (C=O) groups is 2. The standard InChI is InChI=1S/C21H18F2O6/c1-12(18(24)13-7-9-14(10-8-13)28-21(22)23)27-20(25)19-16(11-26-2)15-5-3-4-6-17(15)29-19/h3-10,12,21H,11H2,1-2H3/t12-/m0/s1. The summed E-state index contributed by atoms with van der Waals surface area (Å²) in [4.78, 5) is 25.1. The lowest BCUT2D eigenvalue weighted by Gasteiger charge is -2.12. The summed E-state index contributed by atoms with van der Waals surface area (Å²) in [6, 6.07) is 12.2. The second-order valence-electron chi connectivity index (χ2n) is 6.15. The first kappa shape index (κ1) is 20.5. The first-order chi connectivity index (χ1) is 13.9. The van der Waals surface area contributed by atoms with Crippen LogP contribution < -0.4 is 4.74 Å². The molecule has 2 aromatic carbocycles. The molecule has 3 aromatic rings. The molecule has 0 aliphatic rings. The summed E-state index contributed by atoms with van der Waals surface area (Å²) in [7, 11) is 1.49. The Kier molecular flexibility index (Phi) is 6.23. The van der Waals surface area contributed by atoms with E-state index >= 15 is 0 Å². The average molecular weight is 404 g/mol. The van der Waals surface area contributed by atoms with Gasteiger partial charge in [0, 0.05) is 23.6 Å². The summed E-state index contributed by atoms with van der Waals surface area (Å²) in [5.41, 5.74) is 1.22. The van der Waals surface area contributed by atoms with E-state index < -0.39 is 24.5 Å².